The van der Waals surface area contributed by atoms with Crippen molar-refractivity contribution in [2.24, 2.45) is 5.41 Å². The molecular weight excluding hydrogens is 228 g/mol. The van der Waals surface area contributed by atoms with Crippen LogP contribution in [0.2, 0.25) is 0 Å². The maximum Gasteiger partial charge on any atom is 0.330 e. The van der Waals surface area contributed by atoms with Gasteiger partial charge in [0.15, 0.2) is 0 Å². The third kappa shape index (κ3) is 2.85. The molecule has 1 N–H and O–H groups in total. The van der Waals surface area contributed by atoms with E-state index < -0.39 is 36.6 Å². The van der Waals surface area contributed by atoms with Gasteiger partial charge in [-0.2, -0.15) is 8.78 Å². The van der Waals surface area contributed by atoms with E-state index in [0.29, 0.717) is 12.8 Å². The van der Waals surface area contributed by atoms with Crippen molar-refractivity contribution in [2.45, 2.75) is 51.2 Å². The minimum Gasteiger partial charge on any atom is -0.390 e. The summed E-state index contributed by atoms with van der Waals surface area (Å²) in [4.78, 5) is 0. The summed E-state index contributed by atoms with van der Waals surface area (Å²) in [6, 6.07) is 0. The zero-order valence-corrected chi connectivity index (χ0v) is 9.22. The Labute approximate surface area is 91.6 Å². The predicted molar refractivity (Wildman–Crippen MR) is 49.7 cm³/mol. The highest BCUT2D eigenvalue weighted by atomic mass is 19.3. The Kier molecular flexibility index (Phi) is 3.84. The van der Waals surface area contributed by atoms with Crippen molar-refractivity contribution in [3.63, 3.8) is 0 Å². The second-order valence-corrected chi connectivity index (χ2v) is 4.88. The molecule has 96 valence electrons. The molecule has 1 saturated carbocycles. The maximum atomic E-state index is 12.6. The molecule has 16 heavy (non-hydrogen) atoms. The van der Waals surface area contributed by atoms with Crippen LogP contribution < -0.4 is 0 Å². The molecule has 0 spiro atoms. The molecule has 0 heterocycles. The quantitative estimate of drug-likeness (QED) is 0.770. The van der Waals surface area contributed by atoms with Gasteiger partial charge in [0.25, 0.3) is 0 Å². The van der Waals surface area contributed by atoms with Crippen LogP contribution in [0.4, 0.5) is 17.6 Å². The fourth-order valence-electron chi connectivity index (χ4n) is 1.78. The second kappa shape index (κ2) is 4.49. The lowest BCUT2D eigenvalue weighted by atomic mass is 9.89. The van der Waals surface area contributed by atoms with E-state index in [1.807, 2.05) is 0 Å². The van der Waals surface area contributed by atoms with Crippen LogP contribution >= 0.6 is 0 Å². The van der Waals surface area contributed by atoms with Gasteiger partial charge in [-0.25, -0.2) is 8.78 Å². The van der Waals surface area contributed by atoms with E-state index >= 15 is 0 Å². The van der Waals surface area contributed by atoms with Crippen molar-refractivity contribution in [3.8, 4) is 0 Å². The molecule has 0 aromatic heterocycles. The number of ether oxygens (including phenoxy) is 1. The number of aliphatic hydroxyl groups excluding tert-OH is 1. The zero-order chi connectivity index (χ0) is 12.6. The highest BCUT2D eigenvalue weighted by Crippen LogP contribution is 2.39. The molecule has 0 bridgehead atoms. The van der Waals surface area contributed by atoms with Crippen LogP contribution in [-0.4, -0.2) is 36.3 Å². The standard InChI is InChI=1S/C10H16F4O2/c1-9(2)4-3-6(7(9)15)16-5-10(13,14)8(11)12/h6-8,15H,3-5H2,1-2H3. The molecule has 1 aliphatic rings. The van der Waals surface area contributed by atoms with Gasteiger partial charge in [-0.15, -0.1) is 0 Å². The number of hydrogen-bond donors (Lipinski definition) is 1. The summed E-state index contributed by atoms with van der Waals surface area (Å²) in [5.74, 6) is -4.15. The van der Waals surface area contributed by atoms with Gasteiger partial charge in [0.05, 0.1) is 12.2 Å². The molecule has 0 aromatic carbocycles. The third-order valence-corrected chi connectivity index (χ3v) is 3.04. The predicted octanol–water partition coefficient (Wildman–Crippen LogP) is 2.45. The molecule has 2 unspecified atom stereocenters. The van der Waals surface area contributed by atoms with Crippen molar-refractivity contribution < 1.29 is 27.4 Å². The largest absolute Gasteiger partial charge is 0.390 e. The molecule has 0 amide bonds. The normalized spacial score (nSPS) is 30.0. The Morgan fingerprint density at radius 3 is 2.38 bits per heavy atom. The lowest BCUT2D eigenvalue weighted by Gasteiger charge is -2.26. The van der Waals surface area contributed by atoms with Gasteiger partial charge in [0.2, 0.25) is 0 Å². The summed E-state index contributed by atoms with van der Waals surface area (Å²) in [6.45, 7) is 2.22. The van der Waals surface area contributed by atoms with Crippen LogP contribution in [0.5, 0.6) is 0 Å². The first kappa shape index (κ1) is 13.7. The number of halogens is 4. The van der Waals surface area contributed by atoms with Crippen LogP contribution in [-0.2, 0) is 4.74 Å². The molecule has 1 aliphatic carbocycles. The number of aliphatic hydroxyl groups is 1. The van der Waals surface area contributed by atoms with Gasteiger partial charge in [-0.3, -0.25) is 0 Å². The molecule has 0 aromatic rings. The van der Waals surface area contributed by atoms with E-state index in [-0.39, 0.29) is 0 Å². The van der Waals surface area contributed by atoms with E-state index in [2.05, 4.69) is 0 Å². The average molecular weight is 244 g/mol. The molecule has 0 aliphatic heterocycles. The van der Waals surface area contributed by atoms with Crippen LogP contribution in [0.1, 0.15) is 26.7 Å². The molecule has 1 fully saturated rings. The Balaban J connectivity index is 2.46. The lowest BCUT2D eigenvalue weighted by molar-refractivity contribution is -0.185. The summed E-state index contributed by atoms with van der Waals surface area (Å²) in [5.41, 5.74) is -0.412. The first-order chi connectivity index (χ1) is 7.17. The van der Waals surface area contributed by atoms with E-state index in [1.54, 1.807) is 13.8 Å². The first-order valence-corrected chi connectivity index (χ1v) is 5.12. The number of alkyl halides is 4. The summed E-state index contributed by atoms with van der Waals surface area (Å²) >= 11 is 0. The van der Waals surface area contributed by atoms with Crippen LogP contribution in [0.3, 0.4) is 0 Å². The number of rotatable bonds is 4. The number of hydrogen-bond acceptors (Lipinski definition) is 2. The van der Waals surface area contributed by atoms with Crippen molar-refractivity contribution in [1.82, 2.24) is 0 Å². The van der Waals surface area contributed by atoms with Gasteiger partial charge in [-0.05, 0) is 18.3 Å². The molecular formula is C10H16F4O2. The lowest BCUT2D eigenvalue weighted by Crippen LogP contribution is -2.38. The topological polar surface area (TPSA) is 29.5 Å². The minimum atomic E-state index is -4.15. The van der Waals surface area contributed by atoms with Crippen molar-refractivity contribution in [3.05, 3.63) is 0 Å². The Morgan fingerprint density at radius 1 is 1.44 bits per heavy atom. The first-order valence-electron chi connectivity index (χ1n) is 5.12. The van der Waals surface area contributed by atoms with Crippen molar-refractivity contribution in [2.75, 3.05) is 6.61 Å². The van der Waals surface area contributed by atoms with Crippen molar-refractivity contribution in [1.29, 1.82) is 0 Å². The van der Waals surface area contributed by atoms with Gasteiger partial charge >= 0.3 is 12.3 Å². The monoisotopic (exact) mass is 244 g/mol. The SMILES string of the molecule is CC1(C)CCC(OCC(F)(F)C(F)F)C1O. The zero-order valence-electron chi connectivity index (χ0n) is 9.22. The average Bonchev–Trinajstić information content (AvgIpc) is 2.40. The van der Waals surface area contributed by atoms with E-state index in [9.17, 15) is 22.7 Å². The summed E-state index contributed by atoms with van der Waals surface area (Å²) in [5, 5.41) is 9.69. The summed E-state index contributed by atoms with van der Waals surface area (Å²) in [7, 11) is 0. The van der Waals surface area contributed by atoms with Crippen LogP contribution in [0.15, 0.2) is 0 Å². The van der Waals surface area contributed by atoms with Crippen LogP contribution in [0, 0.1) is 5.41 Å². The molecule has 6 heteroatoms. The summed E-state index contributed by atoms with van der Waals surface area (Å²) < 4.78 is 53.5. The molecule has 0 radical (unpaired) electrons. The van der Waals surface area contributed by atoms with Crippen molar-refractivity contribution >= 4 is 0 Å². The molecule has 2 nitrogen and oxygen atoms in total. The smallest absolute Gasteiger partial charge is 0.330 e. The van der Waals surface area contributed by atoms with Crippen LogP contribution in [0.25, 0.3) is 0 Å². The molecule has 2 atom stereocenters. The van der Waals surface area contributed by atoms with E-state index in [4.69, 9.17) is 4.74 Å². The Bertz CT molecular complexity index is 243. The van der Waals surface area contributed by atoms with E-state index in [0.717, 1.165) is 0 Å². The molecule has 0 saturated heterocycles. The third-order valence-electron chi connectivity index (χ3n) is 3.04. The van der Waals surface area contributed by atoms with Gasteiger partial charge in [-0.1, -0.05) is 13.8 Å². The fraction of sp³-hybridized carbons (Fsp3) is 1.00. The van der Waals surface area contributed by atoms with Gasteiger partial charge in [0.1, 0.15) is 6.61 Å². The van der Waals surface area contributed by atoms with Gasteiger partial charge in [0, 0.05) is 0 Å². The second-order valence-electron chi connectivity index (χ2n) is 4.88. The van der Waals surface area contributed by atoms with E-state index in [1.165, 1.54) is 0 Å². The Morgan fingerprint density at radius 2 is 2.00 bits per heavy atom. The summed E-state index contributed by atoms with van der Waals surface area (Å²) in [6.07, 6.45) is -4.37. The fourth-order valence-corrected chi connectivity index (χ4v) is 1.78. The highest BCUT2D eigenvalue weighted by molar-refractivity contribution is 4.92. The Hall–Kier alpha value is -0.360. The maximum absolute atomic E-state index is 12.6. The highest BCUT2D eigenvalue weighted by Gasteiger charge is 2.46. The molecule has 1 rings (SSSR count). The minimum absolute atomic E-state index is 0.410. The van der Waals surface area contributed by atoms with Gasteiger partial charge < -0.3 is 9.84 Å².